The second-order valence-corrected chi connectivity index (χ2v) is 6.71. The molecule has 3 aliphatic rings. The van der Waals surface area contributed by atoms with Crippen molar-refractivity contribution in [2.45, 2.75) is 24.3 Å². The van der Waals surface area contributed by atoms with Crippen molar-refractivity contribution in [3.05, 3.63) is 29.8 Å². The molecule has 124 valence electrons. The molecule has 4 rings (SSSR count). The van der Waals surface area contributed by atoms with Gasteiger partial charge in [0.05, 0.1) is 17.5 Å². The molecule has 3 amide bonds. The summed E-state index contributed by atoms with van der Waals surface area (Å²) in [5, 5.41) is 18.4. The summed E-state index contributed by atoms with van der Waals surface area (Å²) in [5.41, 5.74) is 1.48. The maximum absolute atomic E-state index is 12.6. The number of carbonyl (C=O) groups excluding carboxylic acids is 1. The van der Waals surface area contributed by atoms with Gasteiger partial charge in [-0.1, -0.05) is 12.1 Å². The first-order valence-electron chi connectivity index (χ1n) is 8.12. The van der Waals surface area contributed by atoms with Crippen molar-refractivity contribution in [1.82, 2.24) is 9.80 Å². The first-order chi connectivity index (χ1) is 11.5. The average molecular weight is 326 g/mol. The smallest absolute Gasteiger partial charge is 0.407 e. The Morgan fingerprint density at radius 1 is 1.21 bits per heavy atom. The van der Waals surface area contributed by atoms with E-state index in [2.05, 4.69) is 6.07 Å². The predicted molar refractivity (Wildman–Crippen MR) is 85.8 cm³/mol. The molecular formula is C17H18N4O3. The van der Waals surface area contributed by atoms with Crippen molar-refractivity contribution < 1.29 is 14.7 Å². The lowest BCUT2D eigenvalue weighted by Gasteiger charge is -2.34. The van der Waals surface area contributed by atoms with Gasteiger partial charge in [-0.05, 0) is 30.5 Å². The zero-order valence-corrected chi connectivity index (χ0v) is 13.2. The number of rotatable bonds is 2. The molecule has 24 heavy (non-hydrogen) atoms. The Balaban J connectivity index is 1.52. The highest BCUT2D eigenvalue weighted by Gasteiger charge is 2.45. The summed E-state index contributed by atoms with van der Waals surface area (Å²) in [5.74, 6) is 0. The van der Waals surface area contributed by atoms with E-state index in [-0.39, 0.29) is 17.5 Å². The Kier molecular flexibility index (Phi) is 3.17. The van der Waals surface area contributed by atoms with Crippen molar-refractivity contribution in [3.8, 4) is 6.07 Å². The van der Waals surface area contributed by atoms with Crippen LogP contribution < -0.4 is 4.90 Å². The highest BCUT2D eigenvalue weighted by atomic mass is 16.4. The van der Waals surface area contributed by atoms with Crippen LogP contribution in [0.5, 0.6) is 0 Å². The minimum absolute atomic E-state index is 0.0702. The van der Waals surface area contributed by atoms with Gasteiger partial charge in [-0.2, -0.15) is 5.26 Å². The number of nitriles is 1. The molecule has 0 aromatic heterocycles. The summed E-state index contributed by atoms with van der Waals surface area (Å²) in [6.07, 6.45) is 0.856. The minimum Gasteiger partial charge on any atom is -0.465 e. The van der Waals surface area contributed by atoms with E-state index in [1.807, 2.05) is 24.3 Å². The summed E-state index contributed by atoms with van der Waals surface area (Å²) >= 11 is 0. The molecule has 1 saturated carbocycles. The van der Waals surface area contributed by atoms with E-state index in [0.29, 0.717) is 26.2 Å². The minimum atomic E-state index is -0.934. The number of urea groups is 1. The summed E-state index contributed by atoms with van der Waals surface area (Å²) in [6.45, 7) is 1.63. The van der Waals surface area contributed by atoms with Crippen LogP contribution in [0.1, 0.15) is 18.4 Å². The van der Waals surface area contributed by atoms with Crippen LogP contribution in [0.2, 0.25) is 0 Å². The predicted octanol–water partition coefficient (Wildman–Crippen LogP) is 1.85. The first-order valence-corrected chi connectivity index (χ1v) is 8.12. The summed E-state index contributed by atoms with van der Waals surface area (Å²) in [6, 6.07) is 9.84. The molecule has 2 saturated heterocycles. The average Bonchev–Trinajstić information content (AvgIpc) is 3.34. The van der Waals surface area contributed by atoms with Crippen LogP contribution in [0.25, 0.3) is 0 Å². The molecular weight excluding hydrogens is 308 g/mol. The second kappa shape index (κ2) is 5.13. The maximum Gasteiger partial charge on any atom is 0.407 e. The monoisotopic (exact) mass is 326 g/mol. The molecule has 0 bridgehead atoms. The Labute approximate surface area is 139 Å². The Morgan fingerprint density at radius 2 is 1.92 bits per heavy atom. The lowest BCUT2D eigenvalue weighted by molar-refractivity contribution is 0.0997. The number of benzene rings is 1. The number of carboxylic acid groups (broad SMARTS) is 1. The molecule has 3 fully saturated rings. The number of piperazine rings is 1. The van der Waals surface area contributed by atoms with Crippen molar-refractivity contribution in [3.63, 3.8) is 0 Å². The van der Waals surface area contributed by atoms with E-state index >= 15 is 0 Å². The SMILES string of the molecule is N#CC1(c2ccc(N3CC4CN(C(=O)O)CCN4C3=O)cc2)CC1. The topological polar surface area (TPSA) is 87.9 Å². The molecule has 0 spiro atoms. The van der Waals surface area contributed by atoms with Crippen molar-refractivity contribution in [1.29, 1.82) is 5.26 Å². The Morgan fingerprint density at radius 3 is 2.50 bits per heavy atom. The molecule has 0 radical (unpaired) electrons. The molecule has 1 N–H and O–H groups in total. The highest BCUT2D eigenvalue weighted by Crippen LogP contribution is 2.47. The van der Waals surface area contributed by atoms with Gasteiger partial charge < -0.3 is 14.9 Å². The normalized spacial score (nSPS) is 24.5. The van der Waals surface area contributed by atoms with E-state index in [0.717, 1.165) is 24.1 Å². The van der Waals surface area contributed by atoms with Crippen LogP contribution in [-0.2, 0) is 5.41 Å². The first kappa shape index (κ1) is 14.8. The Bertz CT molecular complexity index is 735. The number of anilines is 1. The van der Waals surface area contributed by atoms with Gasteiger partial charge in [0.2, 0.25) is 0 Å². The van der Waals surface area contributed by atoms with Crippen LogP contribution in [-0.4, -0.2) is 59.3 Å². The summed E-state index contributed by atoms with van der Waals surface area (Å²) in [7, 11) is 0. The Hall–Kier alpha value is -2.75. The molecule has 1 aliphatic carbocycles. The number of hydrogen-bond acceptors (Lipinski definition) is 3. The maximum atomic E-state index is 12.6. The van der Waals surface area contributed by atoms with Gasteiger partial charge in [0.25, 0.3) is 0 Å². The quantitative estimate of drug-likeness (QED) is 0.898. The van der Waals surface area contributed by atoms with Crippen LogP contribution in [0.15, 0.2) is 24.3 Å². The van der Waals surface area contributed by atoms with Crippen LogP contribution in [0, 0.1) is 11.3 Å². The fourth-order valence-electron chi connectivity index (χ4n) is 3.65. The third-order valence-corrected chi connectivity index (χ3v) is 5.32. The van der Waals surface area contributed by atoms with E-state index in [4.69, 9.17) is 5.11 Å². The lowest BCUT2D eigenvalue weighted by atomic mass is 9.97. The van der Waals surface area contributed by atoms with E-state index in [1.54, 1.807) is 9.80 Å². The molecule has 1 aromatic carbocycles. The number of hydrogen-bond donors (Lipinski definition) is 1. The molecule has 1 unspecified atom stereocenters. The van der Waals surface area contributed by atoms with Crippen molar-refractivity contribution in [2.24, 2.45) is 0 Å². The standard InChI is InChI=1S/C17H18N4O3/c18-11-17(5-6-17)12-1-3-13(4-2-12)21-10-14-9-19(16(23)24)7-8-20(14)15(21)22/h1-4,14H,5-10H2,(H,23,24). The highest BCUT2D eigenvalue weighted by molar-refractivity contribution is 5.95. The van der Waals surface area contributed by atoms with Crippen molar-refractivity contribution in [2.75, 3.05) is 31.1 Å². The zero-order chi connectivity index (χ0) is 16.9. The van der Waals surface area contributed by atoms with Gasteiger partial charge in [-0.3, -0.25) is 4.90 Å². The van der Waals surface area contributed by atoms with E-state index in [1.165, 1.54) is 4.90 Å². The van der Waals surface area contributed by atoms with Gasteiger partial charge >= 0.3 is 12.1 Å². The van der Waals surface area contributed by atoms with Gasteiger partial charge in [0, 0.05) is 31.9 Å². The molecule has 2 heterocycles. The fourth-order valence-corrected chi connectivity index (χ4v) is 3.65. The van der Waals surface area contributed by atoms with Gasteiger partial charge in [0.1, 0.15) is 0 Å². The molecule has 1 atom stereocenters. The number of carbonyl (C=O) groups is 2. The molecule has 7 nitrogen and oxygen atoms in total. The van der Waals surface area contributed by atoms with Crippen LogP contribution in [0.3, 0.4) is 0 Å². The number of nitrogens with zero attached hydrogens (tertiary/aromatic N) is 4. The van der Waals surface area contributed by atoms with Crippen molar-refractivity contribution >= 4 is 17.8 Å². The van der Waals surface area contributed by atoms with Crippen LogP contribution in [0.4, 0.5) is 15.3 Å². The summed E-state index contributed by atoms with van der Waals surface area (Å²) in [4.78, 5) is 28.5. The van der Waals surface area contributed by atoms with E-state index in [9.17, 15) is 14.9 Å². The molecule has 1 aromatic rings. The lowest BCUT2D eigenvalue weighted by Crippen LogP contribution is -2.53. The number of fused-ring (bicyclic) bond motifs is 1. The van der Waals surface area contributed by atoms with Gasteiger partial charge in [-0.25, -0.2) is 9.59 Å². The second-order valence-electron chi connectivity index (χ2n) is 6.71. The largest absolute Gasteiger partial charge is 0.465 e. The fraction of sp³-hybridized carbons (Fsp3) is 0.471. The molecule has 2 aliphatic heterocycles. The number of amides is 3. The zero-order valence-electron chi connectivity index (χ0n) is 13.2. The van der Waals surface area contributed by atoms with Gasteiger partial charge in [-0.15, -0.1) is 0 Å². The third kappa shape index (κ3) is 2.18. The van der Waals surface area contributed by atoms with E-state index < -0.39 is 6.09 Å². The summed E-state index contributed by atoms with van der Waals surface area (Å²) < 4.78 is 0. The van der Waals surface area contributed by atoms with Gasteiger partial charge in [0.15, 0.2) is 0 Å². The van der Waals surface area contributed by atoms with Crippen LogP contribution >= 0.6 is 0 Å². The molecule has 7 heteroatoms. The third-order valence-electron chi connectivity index (χ3n) is 5.32.